The van der Waals surface area contributed by atoms with Crippen molar-refractivity contribution in [3.8, 4) is 17.2 Å². The Kier molecular flexibility index (Phi) is 7.73. The number of amides is 1. The van der Waals surface area contributed by atoms with Crippen LogP contribution in [0.5, 0.6) is 11.5 Å². The summed E-state index contributed by atoms with van der Waals surface area (Å²) in [5, 5.41) is 6.25. The lowest BCUT2D eigenvalue weighted by atomic mass is 10.1. The van der Waals surface area contributed by atoms with Gasteiger partial charge in [-0.1, -0.05) is 12.1 Å². The predicted octanol–water partition coefficient (Wildman–Crippen LogP) is 3.11. The van der Waals surface area contributed by atoms with Gasteiger partial charge in [-0.2, -0.15) is 0 Å². The molecule has 3 aromatic rings. The zero-order chi connectivity index (χ0) is 27.6. The minimum absolute atomic E-state index is 0.0103. The zero-order valence-corrected chi connectivity index (χ0v) is 23.0. The van der Waals surface area contributed by atoms with Gasteiger partial charge < -0.3 is 34.6 Å². The molecule has 0 unspecified atom stereocenters. The number of likely N-dealkylation sites (N-methyl/N-ethyl adjacent to an activating group) is 1. The average molecular weight is 549 g/mol. The van der Waals surface area contributed by atoms with E-state index < -0.39 is 17.2 Å². The smallest absolute Gasteiger partial charge is 0.256 e. The van der Waals surface area contributed by atoms with E-state index in [9.17, 15) is 9.59 Å². The summed E-state index contributed by atoms with van der Waals surface area (Å²) < 4.78 is 23.5. The van der Waals surface area contributed by atoms with Crippen molar-refractivity contribution >= 4 is 22.5 Å². The summed E-state index contributed by atoms with van der Waals surface area (Å²) >= 11 is 0. The maximum Gasteiger partial charge on any atom is 0.256 e. The molecule has 0 atom stereocenters. The van der Waals surface area contributed by atoms with E-state index in [4.69, 9.17) is 4.74 Å². The van der Waals surface area contributed by atoms with Crippen LogP contribution in [0.4, 0.5) is 10.1 Å². The minimum atomic E-state index is -0.573. The number of hydrogen-bond donors (Lipinski definition) is 2. The summed E-state index contributed by atoms with van der Waals surface area (Å²) in [5.41, 5.74) is 0.869. The van der Waals surface area contributed by atoms with E-state index in [2.05, 4.69) is 32.4 Å². The van der Waals surface area contributed by atoms with Crippen molar-refractivity contribution in [1.82, 2.24) is 24.6 Å². The molecule has 212 valence electrons. The number of piperazine rings is 1. The molecule has 6 rings (SSSR count). The molecule has 0 radical (unpaired) electrons. The fourth-order valence-corrected chi connectivity index (χ4v) is 5.91. The van der Waals surface area contributed by atoms with Gasteiger partial charge in [-0.05, 0) is 64.1 Å². The third kappa shape index (κ3) is 5.31. The van der Waals surface area contributed by atoms with Gasteiger partial charge in [-0.3, -0.25) is 9.59 Å². The number of aromatic nitrogens is 1. The summed E-state index contributed by atoms with van der Waals surface area (Å²) in [7, 11) is 2.12. The molecule has 0 saturated carbocycles. The Morgan fingerprint density at radius 2 is 1.75 bits per heavy atom. The van der Waals surface area contributed by atoms with Gasteiger partial charge in [0, 0.05) is 52.0 Å². The van der Waals surface area contributed by atoms with Gasteiger partial charge >= 0.3 is 0 Å². The first-order valence-electron chi connectivity index (χ1n) is 14.3. The maximum atomic E-state index is 15.5. The van der Waals surface area contributed by atoms with Crippen LogP contribution in [0.15, 0.2) is 41.3 Å². The third-order valence-electron chi connectivity index (χ3n) is 8.24. The van der Waals surface area contributed by atoms with Crippen molar-refractivity contribution < 1.29 is 13.9 Å². The molecular formula is C30H37FN6O3. The van der Waals surface area contributed by atoms with E-state index in [-0.39, 0.29) is 22.4 Å². The molecule has 2 N–H and O–H groups in total. The van der Waals surface area contributed by atoms with Gasteiger partial charge in [0.25, 0.3) is 5.91 Å². The van der Waals surface area contributed by atoms with E-state index in [1.54, 1.807) is 16.8 Å². The number of benzene rings is 2. The number of nitrogens with zero attached hydrogens (tertiary/aromatic N) is 4. The second-order valence-electron chi connectivity index (χ2n) is 11.0. The van der Waals surface area contributed by atoms with Gasteiger partial charge in [0.1, 0.15) is 16.8 Å². The third-order valence-corrected chi connectivity index (χ3v) is 8.24. The number of carbonyl (C=O) groups excluding carboxylic acids is 1. The van der Waals surface area contributed by atoms with Gasteiger partial charge in [-0.15, -0.1) is 0 Å². The Balaban J connectivity index is 1.27. The SMILES string of the molecule is CN1CCN(CCCNC(=O)c2cn3c4c(c(NCCN5CCCC5)c(F)cc4c2=O)Oc2ccccc2-3)CC1. The van der Waals surface area contributed by atoms with Crippen LogP contribution < -0.4 is 20.8 Å². The molecule has 2 aromatic carbocycles. The summed E-state index contributed by atoms with van der Waals surface area (Å²) in [5.74, 6) is -0.220. The molecule has 1 amide bonds. The molecule has 3 aliphatic heterocycles. The van der Waals surface area contributed by atoms with Crippen LogP contribution in [0.1, 0.15) is 29.6 Å². The number of carbonyl (C=O) groups is 1. The molecule has 1 aromatic heterocycles. The normalized spacial score (nSPS) is 17.6. The monoisotopic (exact) mass is 548 g/mol. The van der Waals surface area contributed by atoms with E-state index in [1.807, 2.05) is 18.2 Å². The van der Waals surface area contributed by atoms with Crippen molar-refractivity contribution in [2.24, 2.45) is 0 Å². The standard InChI is InChI=1S/C30H37FN6O3/c1-34-15-17-36(18-16-34)13-6-9-33-30(39)22-20-37-24-7-2-3-8-25(24)40-29-26(32-10-14-35-11-4-5-12-35)23(31)19-21(27(29)37)28(22)38/h2-3,7-8,19-20,32H,4-6,9-18H2,1H3,(H,33,39). The second-order valence-corrected chi connectivity index (χ2v) is 11.0. The Morgan fingerprint density at radius 3 is 2.55 bits per heavy atom. The molecule has 40 heavy (non-hydrogen) atoms. The minimum Gasteiger partial charge on any atom is -0.451 e. The quantitative estimate of drug-likeness (QED) is 0.311. The molecule has 3 aliphatic rings. The Labute approximate surface area is 233 Å². The van der Waals surface area contributed by atoms with E-state index in [0.717, 1.165) is 58.8 Å². The van der Waals surface area contributed by atoms with Crippen molar-refractivity contribution in [2.75, 3.05) is 77.8 Å². The largest absolute Gasteiger partial charge is 0.451 e. The maximum absolute atomic E-state index is 15.5. The van der Waals surface area contributed by atoms with Gasteiger partial charge in [0.15, 0.2) is 17.3 Å². The molecule has 2 saturated heterocycles. The fourth-order valence-electron chi connectivity index (χ4n) is 5.91. The van der Waals surface area contributed by atoms with Crippen LogP contribution in [-0.4, -0.2) is 97.7 Å². The van der Waals surface area contributed by atoms with Crippen molar-refractivity contribution in [3.63, 3.8) is 0 Å². The molecule has 0 aliphatic carbocycles. The Morgan fingerprint density at radius 1 is 1.00 bits per heavy atom. The molecule has 2 fully saturated rings. The molecular weight excluding hydrogens is 511 g/mol. The Bertz CT molecular complexity index is 1460. The van der Waals surface area contributed by atoms with Crippen molar-refractivity contribution in [2.45, 2.75) is 19.3 Å². The molecule has 9 nitrogen and oxygen atoms in total. The number of halogens is 1. The highest BCUT2D eigenvalue weighted by Crippen LogP contribution is 2.44. The van der Waals surface area contributed by atoms with Crippen molar-refractivity contribution in [3.05, 3.63) is 58.1 Å². The van der Waals surface area contributed by atoms with Crippen LogP contribution in [0.2, 0.25) is 0 Å². The number of rotatable bonds is 9. The van der Waals surface area contributed by atoms with Crippen LogP contribution in [0.3, 0.4) is 0 Å². The molecule has 0 spiro atoms. The number of anilines is 1. The first-order chi connectivity index (χ1) is 19.5. The van der Waals surface area contributed by atoms with Gasteiger partial charge in [0.2, 0.25) is 5.43 Å². The molecule has 4 heterocycles. The zero-order valence-electron chi connectivity index (χ0n) is 23.0. The average Bonchev–Trinajstić information content (AvgIpc) is 3.48. The lowest BCUT2D eigenvalue weighted by molar-refractivity contribution is 0.0948. The molecule has 10 heteroatoms. The van der Waals surface area contributed by atoms with Crippen LogP contribution in [0.25, 0.3) is 16.6 Å². The van der Waals surface area contributed by atoms with Crippen LogP contribution in [-0.2, 0) is 0 Å². The number of para-hydroxylation sites is 2. The number of ether oxygens (including phenoxy) is 1. The number of pyridine rings is 1. The van der Waals surface area contributed by atoms with E-state index in [1.165, 1.54) is 18.9 Å². The fraction of sp³-hybridized carbons (Fsp3) is 0.467. The van der Waals surface area contributed by atoms with Crippen molar-refractivity contribution in [1.29, 1.82) is 0 Å². The lowest BCUT2D eigenvalue weighted by Crippen LogP contribution is -2.45. The highest BCUT2D eigenvalue weighted by molar-refractivity contribution is 6.01. The summed E-state index contributed by atoms with van der Waals surface area (Å²) in [6, 6.07) is 8.62. The highest BCUT2D eigenvalue weighted by atomic mass is 19.1. The molecule has 0 bridgehead atoms. The first-order valence-corrected chi connectivity index (χ1v) is 14.3. The summed E-state index contributed by atoms with van der Waals surface area (Å²) in [4.78, 5) is 33.8. The topological polar surface area (TPSA) is 82.1 Å². The van der Waals surface area contributed by atoms with Crippen LogP contribution in [0, 0.1) is 5.82 Å². The number of hydrogen-bond acceptors (Lipinski definition) is 7. The number of likely N-dealkylation sites (tertiary alicyclic amines) is 1. The van der Waals surface area contributed by atoms with Crippen LogP contribution >= 0.6 is 0 Å². The van der Waals surface area contributed by atoms with E-state index in [0.29, 0.717) is 30.0 Å². The number of fused-ring (bicyclic) bond motifs is 2. The second kappa shape index (κ2) is 11.6. The van der Waals surface area contributed by atoms with Gasteiger partial charge in [0.05, 0.1) is 11.1 Å². The predicted molar refractivity (Wildman–Crippen MR) is 155 cm³/mol. The Hall–Kier alpha value is -3.47. The summed E-state index contributed by atoms with van der Waals surface area (Å²) in [6.07, 6.45) is 4.73. The first kappa shape index (κ1) is 26.7. The summed E-state index contributed by atoms with van der Waals surface area (Å²) in [6.45, 7) is 8.94. The lowest BCUT2D eigenvalue weighted by Gasteiger charge is -2.32. The number of nitrogens with one attached hydrogen (secondary N) is 2. The highest BCUT2D eigenvalue weighted by Gasteiger charge is 2.28. The van der Waals surface area contributed by atoms with Gasteiger partial charge in [-0.25, -0.2) is 4.39 Å². The van der Waals surface area contributed by atoms with E-state index >= 15 is 4.39 Å².